The number of rotatable bonds is 11. The van der Waals surface area contributed by atoms with Crippen LogP contribution in [0.25, 0.3) is 5.70 Å². The Balaban J connectivity index is 1.63. The van der Waals surface area contributed by atoms with Crippen molar-refractivity contribution >= 4 is 11.7 Å². The van der Waals surface area contributed by atoms with E-state index in [1.165, 1.54) is 7.11 Å². The molecule has 0 spiro atoms. The van der Waals surface area contributed by atoms with E-state index in [1.54, 1.807) is 6.92 Å². The number of nitrogens with one attached hydrogen (secondary N) is 1. The van der Waals surface area contributed by atoms with Crippen LogP contribution < -0.4 is 5.48 Å². The average Bonchev–Trinajstić information content (AvgIpc) is 2.74. The Hall–Kier alpha value is -1.89. The highest BCUT2D eigenvalue weighted by atomic mass is 16.7. The van der Waals surface area contributed by atoms with E-state index in [2.05, 4.69) is 30.6 Å². The van der Waals surface area contributed by atoms with Gasteiger partial charge in [-0.05, 0) is 24.8 Å². The van der Waals surface area contributed by atoms with Crippen LogP contribution in [0.4, 0.5) is 0 Å². The highest BCUT2D eigenvalue weighted by Crippen LogP contribution is 2.25. The number of benzene rings is 1. The Morgan fingerprint density at radius 3 is 2.61 bits per heavy atom. The van der Waals surface area contributed by atoms with Gasteiger partial charge in [0, 0.05) is 12.8 Å². The molecule has 0 atom stereocenters. The highest BCUT2D eigenvalue weighted by molar-refractivity contribution is 5.77. The number of methoxy groups -OCH3 is 1. The van der Waals surface area contributed by atoms with Crippen LogP contribution in [-0.2, 0) is 23.8 Å². The molecule has 0 saturated carbocycles. The summed E-state index contributed by atoms with van der Waals surface area (Å²) in [5, 5.41) is 0. The van der Waals surface area contributed by atoms with Crippen molar-refractivity contribution < 1.29 is 23.8 Å². The van der Waals surface area contributed by atoms with Crippen molar-refractivity contribution in [2.75, 3.05) is 26.9 Å². The van der Waals surface area contributed by atoms with Gasteiger partial charge < -0.3 is 14.2 Å². The SMILES string of the molecule is CCCC=C(NOCCCCC1COC(C)(C(=O)OC)OC1)c1ccccc1. The molecule has 1 aliphatic rings. The van der Waals surface area contributed by atoms with Gasteiger partial charge in [0.15, 0.2) is 0 Å². The molecule has 1 aromatic rings. The van der Waals surface area contributed by atoms with Crippen molar-refractivity contribution in [3.05, 3.63) is 42.0 Å². The standard InChI is InChI=1S/C22H33NO5/c1-4-5-14-20(19-12-7-6-8-13-19)23-28-15-10-9-11-18-16-26-22(2,27-17-18)21(24)25-3/h6-8,12-14,18,23H,4-5,9-11,15-17H2,1-3H3. The number of hydrogen-bond donors (Lipinski definition) is 1. The predicted octanol–water partition coefficient (Wildman–Crippen LogP) is 4.07. The third kappa shape index (κ3) is 6.93. The third-order valence-electron chi connectivity index (χ3n) is 4.76. The number of hydroxylamine groups is 1. The van der Waals surface area contributed by atoms with Crippen LogP contribution in [0.5, 0.6) is 0 Å². The molecule has 0 amide bonds. The van der Waals surface area contributed by atoms with Gasteiger partial charge in [0.25, 0.3) is 5.79 Å². The van der Waals surface area contributed by atoms with E-state index >= 15 is 0 Å². The molecule has 28 heavy (non-hydrogen) atoms. The van der Waals surface area contributed by atoms with Gasteiger partial charge in [-0.3, -0.25) is 10.3 Å². The van der Waals surface area contributed by atoms with Crippen molar-refractivity contribution in [1.29, 1.82) is 0 Å². The van der Waals surface area contributed by atoms with Gasteiger partial charge in [0.1, 0.15) is 0 Å². The van der Waals surface area contributed by atoms with E-state index in [0.29, 0.717) is 19.8 Å². The molecular formula is C22H33NO5. The van der Waals surface area contributed by atoms with Crippen LogP contribution in [0.1, 0.15) is 51.5 Å². The van der Waals surface area contributed by atoms with Gasteiger partial charge in [-0.2, -0.15) is 0 Å². The molecule has 1 fully saturated rings. The predicted molar refractivity (Wildman–Crippen MR) is 108 cm³/mol. The first-order chi connectivity index (χ1) is 13.6. The molecule has 0 aromatic heterocycles. The first-order valence-corrected chi connectivity index (χ1v) is 10.1. The average molecular weight is 392 g/mol. The summed E-state index contributed by atoms with van der Waals surface area (Å²) < 4.78 is 15.9. The summed E-state index contributed by atoms with van der Waals surface area (Å²) in [4.78, 5) is 17.3. The second-order valence-corrected chi connectivity index (χ2v) is 7.14. The first-order valence-electron chi connectivity index (χ1n) is 10.1. The lowest BCUT2D eigenvalue weighted by Crippen LogP contribution is -2.48. The van der Waals surface area contributed by atoms with Crippen LogP contribution in [0, 0.1) is 5.92 Å². The zero-order chi connectivity index (χ0) is 20.2. The minimum Gasteiger partial charge on any atom is -0.465 e. The summed E-state index contributed by atoms with van der Waals surface area (Å²) in [7, 11) is 1.33. The van der Waals surface area contributed by atoms with E-state index in [-0.39, 0.29) is 5.92 Å². The number of hydrogen-bond acceptors (Lipinski definition) is 6. The fraction of sp³-hybridized carbons (Fsp3) is 0.591. The summed E-state index contributed by atoms with van der Waals surface area (Å²) in [5.41, 5.74) is 5.24. The van der Waals surface area contributed by atoms with Crippen LogP contribution in [0.3, 0.4) is 0 Å². The van der Waals surface area contributed by atoms with Crippen LogP contribution >= 0.6 is 0 Å². The zero-order valence-electron chi connectivity index (χ0n) is 17.2. The lowest BCUT2D eigenvalue weighted by molar-refractivity contribution is -0.272. The molecule has 156 valence electrons. The van der Waals surface area contributed by atoms with Crippen LogP contribution in [0.2, 0.25) is 0 Å². The minimum absolute atomic E-state index is 0.287. The summed E-state index contributed by atoms with van der Waals surface area (Å²) >= 11 is 0. The smallest absolute Gasteiger partial charge is 0.366 e. The number of ether oxygens (including phenoxy) is 3. The Kier molecular flexibility index (Phi) is 9.47. The van der Waals surface area contributed by atoms with Gasteiger partial charge in [-0.15, -0.1) is 0 Å². The second-order valence-electron chi connectivity index (χ2n) is 7.14. The monoisotopic (exact) mass is 391 g/mol. The van der Waals surface area contributed by atoms with Crippen molar-refractivity contribution in [3.63, 3.8) is 0 Å². The maximum atomic E-state index is 11.7. The van der Waals surface area contributed by atoms with Gasteiger partial charge in [0.2, 0.25) is 0 Å². The molecule has 1 N–H and O–H groups in total. The molecule has 0 bridgehead atoms. The van der Waals surface area contributed by atoms with E-state index in [0.717, 1.165) is 43.4 Å². The van der Waals surface area contributed by atoms with Gasteiger partial charge in [-0.1, -0.05) is 56.2 Å². The number of carbonyl (C=O) groups excluding carboxylic acids is 1. The maximum Gasteiger partial charge on any atom is 0.366 e. The number of unbranched alkanes of at least 4 members (excludes halogenated alkanes) is 2. The number of allylic oxidation sites excluding steroid dienone is 1. The van der Waals surface area contributed by atoms with Crippen molar-refractivity contribution in [2.45, 2.75) is 51.7 Å². The molecule has 2 rings (SSSR count). The fourth-order valence-corrected chi connectivity index (χ4v) is 2.97. The van der Waals surface area contributed by atoms with Crippen LogP contribution in [-0.4, -0.2) is 38.7 Å². The van der Waals surface area contributed by atoms with Gasteiger partial charge in [-0.25, -0.2) is 4.79 Å². The van der Waals surface area contributed by atoms with Gasteiger partial charge in [0.05, 0.1) is 32.6 Å². The molecular weight excluding hydrogens is 358 g/mol. The maximum absolute atomic E-state index is 11.7. The van der Waals surface area contributed by atoms with E-state index in [4.69, 9.17) is 19.0 Å². The molecule has 1 heterocycles. The summed E-state index contributed by atoms with van der Waals surface area (Å²) in [6.45, 7) is 5.40. The Labute approximate surface area is 168 Å². The highest BCUT2D eigenvalue weighted by Gasteiger charge is 2.41. The fourth-order valence-electron chi connectivity index (χ4n) is 2.97. The topological polar surface area (TPSA) is 66.0 Å². The Morgan fingerprint density at radius 2 is 1.96 bits per heavy atom. The van der Waals surface area contributed by atoms with Crippen molar-refractivity contribution in [1.82, 2.24) is 5.48 Å². The molecule has 0 unspecified atom stereocenters. The Morgan fingerprint density at radius 1 is 1.25 bits per heavy atom. The molecule has 1 aromatic carbocycles. The largest absolute Gasteiger partial charge is 0.465 e. The zero-order valence-corrected chi connectivity index (χ0v) is 17.2. The third-order valence-corrected chi connectivity index (χ3v) is 4.76. The summed E-state index contributed by atoms with van der Waals surface area (Å²) in [6.07, 6.45) is 7.19. The Bertz CT molecular complexity index is 609. The van der Waals surface area contributed by atoms with Gasteiger partial charge >= 0.3 is 5.97 Å². The minimum atomic E-state index is -1.27. The van der Waals surface area contributed by atoms with Crippen molar-refractivity contribution in [3.8, 4) is 0 Å². The number of esters is 1. The summed E-state index contributed by atoms with van der Waals surface area (Å²) in [6, 6.07) is 10.2. The number of carbonyl (C=O) groups is 1. The molecule has 6 heteroatoms. The van der Waals surface area contributed by atoms with E-state index < -0.39 is 11.8 Å². The van der Waals surface area contributed by atoms with E-state index in [1.807, 2.05) is 18.2 Å². The molecule has 0 radical (unpaired) electrons. The lowest BCUT2D eigenvalue weighted by Gasteiger charge is -2.35. The molecule has 6 nitrogen and oxygen atoms in total. The molecule has 1 saturated heterocycles. The lowest BCUT2D eigenvalue weighted by atomic mass is 10.0. The molecule has 1 aliphatic heterocycles. The quantitative estimate of drug-likeness (QED) is 0.348. The van der Waals surface area contributed by atoms with E-state index in [9.17, 15) is 4.79 Å². The van der Waals surface area contributed by atoms with Crippen LogP contribution in [0.15, 0.2) is 36.4 Å². The first kappa shape index (κ1) is 22.4. The molecule has 0 aliphatic carbocycles. The summed E-state index contributed by atoms with van der Waals surface area (Å²) in [5.74, 6) is -1.47. The second kappa shape index (κ2) is 11.8. The normalized spacial score (nSPS) is 22.7. The van der Waals surface area contributed by atoms with Crippen molar-refractivity contribution in [2.24, 2.45) is 5.92 Å².